The van der Waals surface area contributed by atoms with E-state index in [0.717, 1.165) is 11.4 Å². The number of sulfonamides is 1. The summed E-state index contributed by atoms with van der Waals surface area (Å²) in [5, 5.41) is 7.49. The van der Waals surface area contributed by atoms with E-state index in [1.54, 1.807) is 61.0 Å². The predicted octanol–water partition coefficient (Wildman–Crippen LogP) is 3.60. The summed E-state index contributed by atoms with van der Waals surface area (Å²) in [6, 6.07) is 14.0. The molecule has 1 saturated heterocycles. The molecule has 0 bridgehead atoms. The number of ether oxygens (including phenoxy) is 2. The van der Waals surface area contributed by atoms with Crippen LogP contribution in [0.25, 0.3) is 16.8 Å². The average Bonchev–Trinajstić information content (AvgIpc) is 3.29. The first-order valence-electron chi connectivity index (χ1n) is 12.2. The minimum atomic E-state index is -3.77. The van der Waals surface area contributed by atoms with Gasteiger partial charge in [-0.1, -0.05) is 18.2 Å². The fraction of sp³-hybridized carbons (Fsp3) is 0.296. The van der Waals surface area contributed by atoms with Gasteiger partial charge < -0.3 is 14.8 Å². The highest BCUT2D eigenvalue weighted by Gasteiger charge is 2.30. The number of anilines is 1. The number of morpholine rings is 1. The Bertz CT molecular complexity index is 1640. The number of methoxy groups -OCH3 is 1. The van der Waals surface area contributed by atoms with Crippen molar-refractivity contribution in [1.82, 2.24) is 18.9 Å². The zero-order valence-electron chi connectivity index (χ0n) is 21.7. The third kappa shape index (κ3) is 4.75. The van der Waals surface area contributed by atoms with Gasteiger partial charge in [-0.15, -0.1) is 0 Å². The molecule has 198 valence electrons. The number of nitrogens with one attached hydrogen (secondary N) is 1. The fourth-order valence-corrected chi connectivity index (χ4v) is 6.26. The molecule has 1 N–H and O–H groups in total. The summed E-state index contributed by atoms with van der Waals surface area (Å²) in [6.45, 7) is 6.78. The van der Waals surface area contributed by atoms with Crippen LogP contribution in [-0.4, -0.2) is 66.6 Å². The number of hydrogen-bond acceptors (Lipinski definition) is 7. The predicted molar refractivity (Wildman–Crippen MR) is 143 cm³/mol. The van der Waals surface area contributed by atoms with Gasteiger partial charge in [-0.2, -0.15) is 9.40 Å². The van der Waals surface area contributed by atoms with Gasteiger partial charge in [0, 0.05) is 36.2 Å². The molecule has 1 amide bonds. The first-order valence-corrected chi connectivity index (χ1v) is 13.6. The van der Waals surface area contributed by atoms with Crippen LogP contribution >= 0.6 is 0 Å². The number of carbonyl (C=O) groups is 1. The Balaban J connectivity index is 1.66. The number of nitrogens with zero attached hydrogens (tertiary/aromatic N) is 4. The van der Waals surface area contributed by atoms with E-state index in [-0.39, 0.29) is 23.7 Å². The molecule has 1 aliphatic heterocycles. The Hall–Kier alpha value is -3.80. The van der Waals surface area contributed by atoms with Crippen LogP contribution in [0.4, 0.5) is 5.69 Å². The van der Waals surface area contributed by atoms with Gasteiger partial charge in [0.2, 0.25) is 10.0 Å². The Morgan fingerprint density at radius 2 is 1.82 bits per heavy atom. The van der Waals surface area contributed by atoms with Gasteiger partial charge in [0.1, 0.15) is 5.75 Å². The minimum absolute atomic E-state index is 0.132. The van der Waals surface area contributed by atoms with E-state index in [2.05, 4.69) is 15.4 Å². The third-order valence-corrected chi connectivity index (χ3v) is 8.54. The van der Waals surface area contributed by atoms with Gasteiger partial charge in [0.25, 0.3) is 5.91 Å². The number of hydrogen-bond donors (Lipinski definition) is 1. The molecule has 1 fully saturated rings. The molecule has 2 aromatic carbocycles. The van der Waals surface area contributed by atoms with E-state index in [4.69, 9.17) is 9.47 Å². The highest BCUT2D eigenvalue weighted by molar-refractivity contribution is 7.89. The SMILES string of the molecule is COc1cccc(NC(=O)c2nn3c(C)cc(C)nc3c2-c2ccc(C)c(S(=O)(=O)N3CCOCC3)c2)c1. The molecule has 3 heterocycles. The van der Waals surface area contributed by atoms with E-state index in [1.807, 2.05) is 19.9 Å². The summed E-state index contributed by atoms with van der Waals surface area (Å²) >= 11 is 0. The highest BCUT2D eigenvalue weighted by Crippen LogP contribution is 2.33. The highest BCUT2D eigenvalue weighted by atomic mass is 32.2. The van der Waals surface area contributed by atoms with Crippen LogP contribution in [0.2, 0.25) is 0 Å². The van der Waals surface area contributed by atoms with Gasteiger partial charge in [-0.05, 0) is 56.2 Å². The summed E-state index contributed by atoms with van der Waals surface area (Å²) in [6.07, 6.45) is 0. The average molecular weight is 536 g/mol. The number of aromatic nitrogens is 3. The van der Waals surface area contributed by atoms with Crippen LogP contribution in [0.3, 0.4) is 0 Å². The van der Waals surface area contributed by atoms with Gasteiger partial charge in [-0.25, -0.2) is 17.9 Å². The van der Waals surface area contributed by atoms with Crippen molar-refractivity contribution >= 4 is 27.3 Å². The summed E-state index contributed by atoms with van der Waals surface area (Å²) in [5.41, 5.74) is 4.29. The molecule has 0 aliphatic carbocycles. The van der Waals surface area contributed by atoms with Crippen molar-refractivity contribution in [3.05, 3.63) is 71.2 Å². The Morgan fingerprint density at radius 3 is 2.55 bits per heavy atom. The van der Waals surface area contributed by atoms with Crippen LogP contribution in [0.1, 0.15) is 27.4 Å². The molecule has 5 rings (SSSR count). The lowest BCUT2D eigenvalue weighted by atomic mass is 10.0. The molecule has 0 spiro atoms. The maximum atomic E-state index is 13.6. The van der Waals surface area contributed by atoms with Crippen molar-refractivity contribution < 1.29 is 22.7 Å². The second-order valence-electron chi connectivity index (χ2n) is 9.18. The van der Waals surface area contributed by atoms with Gasteiger partial charge in [-0.3, -0.25) is 4.79 Å². The number of aryl methyl sites for hydroxylation is 3. The van der Waals surface area contributed by atoms with Crippen molar-refractivity contribution in [2.75, 3.05) is 38.7 Å². The van der Waals surface area contributed by atoms with E-state index in [1.165, 1.54) is 4.31 Å². The second kappa shape index (κ2) is 10.2. The monoisotopic (exact) mass is 535 g/mol. The zero-order valence-corrected chi connectivity index (χ0v) is 22.5. The number of rotatable bonds is 6. The molecular weight excluding hydrogens is 506 g/mol. The van der Waals surface area contributed by atoms with Crippen LogP contribution < -0.4 is 10.1 Å². The molecule has 10 nitrogen and oxygen atoms in total. The van der Waals surface area contributed by atoms with Gasteiger partial charge >= 0.3 is 0 Å². The van der Waals surface area contributed by atoms with Crippen molar-refractivity contribution in [1.29, 1.82) is 0 Å². The molecule has 1 aliphatic rings. The molecule has 0 saturated carbocycles. The Morgan fingerprint density at radius 1 is 1.05 bits per heavy atom. The summed E-state index contributed by atoms with van der Waals surface area (Å²) in [4.78, 5) is 18.4. The molecular formula is C27H29N5O5S. The third-order valence-electron chi connectivity index (χ3n) is 6.50. The van der Waals surface area contributed by atoms with E-state index in [0.29, 0.717) is 47.0 Å². The molecule has 2 aromatic heterocycles. The van der Waals surface area contributed by atoms with E-state index < -0.39 is 15.9 Å². The standard InChI is InChI=1S/C27H29N5O5S/c1-17-8-9-20(15-23(17)38(34,35)31-10-12-37-13-11-31)24-25(30-32-19(3)14-18(2)28-26(24)32)27(33)29-21-6-5-7-22(16-21)36-4/h5-9,14-16H,10-13H2,1-4H3,(H,29,33). The lowest BCUT2D eigenvalue weighted by Crippen LogP contribution is -2.40. The molecule has 38 heavy (non-hydrogen) atoms. The normalized spacial score (nSPS) is 14.5. The van der Waals surface area contributed by atoms with Crippen molar-refractivity contribution in [2.24, 2.45) is 0 Å². The number of carbonyl (C=O) groups excluding carboxylic acids is 1. The molecule has 11 heteroatoms. The van der Waals surface area contributed by atoms with Crippen LogP contribution in [-0.2, 0) is 14.8 Å². The lowest BCUT2D eigenvalue weighted by molar-refractivity contribution is 0.0730. The number of benzene rings is 2. The Labute approximate surface area is 221 Å². The second-order valence-corrected chi connectivity index (χ2v) is 11.1. The summed E-state index contributed by atoms with van der Waals surface area (Å²) in [5.74, 6) is 0.150. The lowest BCUT2D eigenvalue weighted by Gasteiger charge is -2.26. The molecule has 0 atom stereocenters. The first kappa shape index (κ1) is 25.8. The summed E-state index contributed by atoms with van der Waals surface area (Å²) < 4.78 is 40.8. The Kier molecular flexibility index (Phi) is 6.91. The van der Waals surface area contributed by atoms with E-state index >= 15 is 0 Å². The van der Waals surface area contributed by atoms with Crippen LogP contribution in [0.5, 0.6) is 5.75 Å². The minimum Gasteiger partial charge on any atom is -0.497 e. The largest absolute Gasteiger partial charge is 0.497 e. The number of amides is 1. The molecule has 0 unspecified atom stereocenters. The topological polar surface area (TPSA) is 115 Å². The maximum absolute atomic E-state index is 13.6. The van der Waals surface area contributed by atoms with Crippen molar-refractivity contribution in [3.8, 4) is 16.9 Å². The van der Waals surface area contributed by atoms with Crippen molar-refractivity contribution in [3.63, 3.8) is 0 Å². The maximum Gasteiger partial charge on any atom is 0.276 e. The van der Waals surface area contributed by atoms with Crippen LogP contribution in [0, 0.1) is 20.8 Å². The first-order chi connectivity index (χ1) is 18.2. The van der Waals surface area contributed by atoms with Crippen molar-refractivity contribution in [2.45, 2.75) is 25.7 Å². The van der Waals surface area contributed by atoms with Gasteiger partial charge in [0.15, 0.2) is 11.3 Å². The quantitative estimate of drug-likeness (QED) is 0.401. The smallest absolute Gasteiger partial charge is 0.276 e. The molecule has 0 radical (unpaired) electrons. The fourth-order valence-electron chi connectivity index (χ4n) is 4.60. The molecule has 4 aromatic rings. The van der Waals surface area contributed by atoms with Gasteiger partial charge in [0.05, 0.1) is 30.8 Å². The van der Waals surface area contributed by atoms with E-state index in [9.17, 15) is 13.2 Å². The summed E-state index contributed by atoms with van der Waals surface area (Å²) in [7, 11) is -2.22. The number of fused-ring (bicyclic) bond motifs is 1. The zero-order chi connectivity index (χ0) is 27.0. The van der Waals surface area contributed by atoms with Crippen LogP contribution in [0.15, 0.2) is 53.4 Å².